The normalized spacial score (nSPS) is 15.9. The first-order valence-electron chi connectivity index (χ1n) is 8.24. The van der Waals surface area contributed by atoms with Crippen molar-refractivity contribution in [3.05, 3.63) is 65.2 Å². The van der Waals surface area contributed by atoms with E-state index >= 15 is 0 Å². The first-order chi connectivity index (χ1) is 11.6. The number of rotatable bonds is 3. The Morgan fingerprint density at radius 1 is 1.04 bits per heavy atom. The number of hydrogen-bond donors (Lipinski definition) is 1. The maximum absolute atomic E-state index is 6.09. The molecule has 1 N–H and O–H groups in total. The summed E-state index contributed by atoms with van der Waals surface area (Å²) in [6.07, 6.45) is 0. The standard InChI is InChI=1S/C19H22ClN3S/c1-15(16-6-3-2-4-7-16)21-19(24)23-12-10-22(11-13-23)18-9-5-8-17(20)14-18/h2-9,14-15H,10-13H2,1H3,(H,21,24). The number of piperazine rings is 1. The molecule has 2 aromatic carbocycles. The summed E-state index contributed by atoms with van der Waals surface area (Å²) in [5.74, 6) is 0. The number of thiocarbonyl (C=S) groups is 1. The molecule has 1 saturated heterocycles. The van der Waals surface area contributed by atoms with E-state index in [1.807, 2.05) is 24.3 Å². The Hall–Kier alpha value is -1.78. The largest absolute Gasteiger partial charge is 0.368 e. The minimum Gasteiger partial charge on any atom is -0.368 e. The maximum atomic E-state index is 6.09. The van der Waals surface area contributed by atoms with Gasteiger partial charge in [0.2, 0.25) is 0 Å². The third-order valence-electron chi connectivity index (χ3n) is 4.38. The summed E-state index contributed by atoms with van der Waals surface area (Å²) in [6, 6.07) is 18.6. The predicted octanol–water partition coefficient (Wildman–Crippen LogP) is 4.10. The number of anilines is 1. The van der Waals surface area contributed by atoms with Gasteiger partial charge in [-0.1, -0.05) is 48.0 Å². The summed E-state index contributed by atoms with van der Waals surface area (Å²) in [5, 5.41) is 5.06. The molecule has 0 saturated carbocycles. The van der Waals surface area contributed by atoms with Crippen LogP contribution in [0.2, 0.25) is 5.02 Å². The maximum Gasteiger partial charge on any atom is 0.169 e. The molecular formula is C19H22ClN3S. The van der Waals surface area contributed by atoms with Gasteiger partial charge in [0.25, 0.3) is 0 Å². The molecule has 0 bridgehead atoms. The average molecular weight is 360 g/mol. The number of benzene rings is 2. The van der Waals surface area contributed by atoms with Crippen LogP contribution in [-0.4, -0.2) is 36.2 Å². The Kier molecular flexibility index (Phi) is 5.59. The minimum absolute atomic E-state index is 0.213. The quantitative estimate of drug-likeness (QED) is 0.831. The summed E-state index contributed by atoms with van der Waals surface area (Å²) in [5.41, 5.74) is 2.43. The Morgan fingerprint density at radius 3 is 2.42 bits per heavy atom. The second-order valence-electron chi connectivity index (χ2n) is 6.04. The van der Waals surface area contributed by atoms with E-state index in [-0.39, 0.29) is 6.04 Å². The van der Waals surface area contributed by atoms with Gasteiger partial charge >= 0.3 is 0 Å². The Labute approximate surface area is 154 Å². The van der Waals surface area contributed by atoms with E-state index in [0.29, 0.717) is 0 Å². The van der Waals surface area contributed by atoms with Crippen molar-refractivity contribution in [2.75, 3.05) is 31.1 Å². The predicted molar refractivity (Wildman–Crippen MR) is 106 cm³/mol. The summed E-state index contributed by atoms with van der Waals surface area (Å²) in [6.45, 7) is 5.87. The summed E-state index contributed by atoms with van der Waals surface area (Å²) < 4.78 is 0. The third kappa shape index (κ3) is 4.19. The molecule has 1 unspecified atom stereocenters. The van der Waals surface area contributed by atoms with Gasteiger partial charge in [0.15, 0.2) is 5.11 Å². The zero-order chi connectivity index (χ0) is 16.9. The van der Waals surface area contributed by atoms with E-state index in [1.165, 1.54) is 11.3 Å². The van der Waals surface area contributed by atoms with Crippen LogP contribution in [0.3, 0.4) is 0 Å². The number of nitrogens with zero attached hydrogens (tertiary/aromatic N) is 2. The second-order valence-corrected chi connectivity index (χ2v) is 6.86. The smallest absolute Gasteiger partial charge is 0.169 e. The SMILES string of the molecule is CC(NC(=S)N1CCN(c2cccc(Cl)c2)CC1)c1ccccc1. The molecule has 1 fully saturated rings. The van der Waals surface area contributed by atoms with Gasteiger partial charge in [-0.15, -0.1) is 0 Å². The second kappa shape index (κ2) is 7.86. The molecule has 24 heavy (non-hydrogen) atoms. The Morgan fingerprint density at radius 2 is 1.75 bits per heavy atom. The van der Waals surface area contributed by atoms with Crippen molar-refractivity contribution >= 4 is 34.6 Å². The Bertz CT molecular complexity index is 684. The highest BCUT2D eigenvalue weighted by atomic mass is 35.5. The van der Waals surface area contributed by atoms with E-state index in [0.717, 1.165) is 36.3 Å². The van der Waals surface area contributed by atoms with Crippen molar-refractivity contribution in [2.45, 2.75) is 13.0 Å². The molecule has 1 atom stereocenters. The Balaban J connectivity index is 1.53. The van der Waals surface area contributed by atoms with Crippen LogP contribution >= 0.6 is 23.8 Å². The van der Waals surface area contributed by atoms with Crippen LogP contribution in [0.1, 0.15) is 18.5 Å². The van der Waals surface area contributed by atoms with Gasteiger partial charge < -0.3 is 15.1 Å². The van der Waals surface area contributed by atoms with Crippen LogP contribution in [0.15, 0.2) is 54.6 Å². The van der Waals surface area contributed by atoms with Gasteiger partial charge in [-0.3, -0.25) is 0 Å². The fourth-order valence-corrected chi connectivity index (χ4v) is 3.49. The first-order valence-corrected chi connectivity index (χ1v) is 9.03. The molecule has 0 radical (unpaired) electrons. The fraction of sp³-hybridized carbons (Fsp3) is 0.316. The van der Waals surface area contributed by atoms with Crippen molar-refractivity contribution < 1.29 is 0 Å². The van der Waals surface area contributed by atoms with E-state index in [2.05, 4.69) is 52.4 Å². The van der Waals surface area contributed by atoms with E-state index < -0.39 is 0 Å². The van der Waals surface area contributed by atoms with Gasteiger partial charge in [-0.25, -0.2) is 0 Å². The molecule has 0 amide bonds. The van der Waals surface area contributed by atoms with Crippen LogP contribution in [0, 0.1) is 0 Å². The monoisotopic (exact) mass is 359 g/mol. The lowest BCUT2D eigenvalue weighted by molar-refractivity contribution is 0.376. The zero-order valence-electron chi connectivity index (χ0n) is 13.8. The highest BCUT2D eigenvalue weighted by Crippen LogP contribution is 2.21. The highest BCUT2D eigenvalue weighted by molar-refractivity contribution is 7.80. The molecule has 1 aliphatic rings. The molecule has 3 rings (SSSR count). The van der Waals surface area contributed by atoms with E-state index in [4.69, 9.17) is 23.8 Å². The summed E-state index contributed by atoms with van der Waals surface area (Å²) in [7, 11) is 0. The highest BCUT2D eigenvalue weighted by Gasteiger charge is 2.20. The molecule has 2 aromatic rings. The topological polar surface area (TPSA) is 18.5 Å². The van der Waals surface area contributed by atoms with Crippen molar-refractivity contribution in [3.8, 4) is 0 Å². The van der Waals surface area contributed by atoms with Crippen molar-refractivity contribution in [1.29, 1.82) is 0 Å². The average Bonchev–Trinajstić information content (AvgIpc) is 2.62. The molecule has 5 heteroatoms. The lowest BCUT2D eigenvalue weighted by atomic mass is 10.1. The van der Waals surface area contributed by atoms with Crippen LogP contribution in [0.4, 0.5) is 5.69 Å². The van der Waals surface area contributed by atoms with Gasteiger partial charge in [-0.05, 0) is 42.9 Å². The van der Waals surface area contributed by atoms with E-state index in [9.17, 15) is 0 Å². The van der Waals surface area contributed by atoms with Gasteiger partial charge in [0, 0.05) is 36.9 Å². The molecule has 0 aromatic heterocycles. The molecule has 126 valence electrons. The molecule has 0 aliphatic carbocycles. The number of halogens is 1. The molecule has 3 nitrogen and oxygen atoms in total. The fourth-order valence-electron chi connectivity index (χ4n) is 2.94. The van der Waals surface area contributed by atoms with Crippen LogP contribution in [0.5, 0.6) is 0 Å². The molecular weight excluding hydrogens is 338 g/mol. The molecule has 0 spiro atoms. The van der Waals surface area contributed by atoms with E-state index in [1.54, 1.807) is 0 Å². The van der Waals surface area contributed by atoms with Crippen molar-refractivity contribution in [2.24, 2.45) is 0 Å². The van der Waals surface area contributed by atoms with Gasteiger partial charge in [0.05, 0.1) is 6.04 Å². The number of nitrogens with one attached hydrogen (secondary N) is 1. The molecule has 1 heterocycles. The molecule has 1 aliphatic heterocycles. The lowest BCUT2D eigenvalue weighted by Gasteiger charge is -2.38. The van der Waals surface area contributed by atoms with Gasteiger partial charge in [-0.2, -0.15) is 0 Å². The van der Waals surface area contributed by atoms with Crippen molar-refractivity contribution in [3.63, 3.8) is 0 Å². The zero-order valence-corrected chi connectivity index (χ0v) is 15.4. The lowest BCUT2D eigenvalue weighted by Crippen LogP contribution is -2.52. The van der Waals surface area contributed by atoms with Crippen molar-refractivity contribution in [1.82, 2.24) is 10.2 Å². The number of hydrogen-bond acceptors (Lipinski definition) is 2. The minimum atomic E-state index is 0.213. The van der Waals surface area contributed by atoms with Crippen LogP contribution in [0.25, 0.3) is 0 Å². The summed E-state index contributed by atoms with van der Waals surface area (Å²) >= 11 is 11.7. The van der Waals surface area contributed by atoms with Crippen LogP contribution in [-0.2, 0) is 0 Å². The van der Waals surface area contributed by atoms with Gasteiger partial charge in [0.1, 0.15) is 0 Å². The third-order valence-corrected chi connectivity index (χ3v) is 4.99. The first kappa shape index (κ1) is 17.1. The summed E-state index contributed by atoms with van der Waals surface area (Å²) in [4.78, 5) is 4.60. The van der Waals surface area contributed by atoms with Crippen LogP contribution < -0.4 is 10.2 Å².